The minimum absolute atomic E-state index is 0.00442. The van der Waals surface area contributed by atoms with Crippen LogP contribution in [0.1, 0.15) is 24.8 Å². The Balaban J connectivity index is 1.43. The lowest BCUT2D eigenvalue weighted by molar-refractivity contribution is -0.385. The lowest BCUT2D eigenvalue weighted by Crippen LogP contribution is -2.33. The Morgan fingerprint density at radius 1 is 0.968 bits per heavy atom. The van der Waals surface area contributed by atoms with Gasteiger partial charge in [-0.1, -0.05) is 30.7 Å². The van der Waals surface area contributed by atoms with Gasteiger partial charge in [-0.2, -0.15) is 0 Å². The van der Waals surface area contributed by atoms with Crippen molar-refractivity contribution in [3.63, 3.8) is 0 Å². The fraction of sp³-hybridized carbons (Fsp3) is 0.333. The molecule has 4 rings (SSSR count). The summed E-state index contributed by atoms with van der Waals surface area (Å²) in [7, 11) is 0. The van der Waals surface area contributed by atoms with E-state index in [-0.39, 0.29) is 12.3 Å². The van der Waals surface area contributed by atoms with Crippen LogP contribution in [0.25, 0.3) is 10.8 Å². The van der Waals surface area contributed by atoms with E-state index in [1.807, 2.05) is 24.3 Å². The summed E-state index contributed by atoms with van der Waals surface area (Å²) in [6, 6.07) is 16.2. The van der Waals surface area contributed by atoms with Gasteiger partial charge in [0, 0.05) is 23.0 Å². The number of benzene rings is 3. The van der Waals surface area contributed by atoms with Gasteiger partial charge in [-0.05, 0) is 50.2 Å². The van der Waals surface area contributed by atoms with Gasteiger partial charge in [-0.15, -0.1) is 0 Å². The molecule has 7 heteroatoms. The third-order valence-electron chi connectivity index (χ3n) is 5.68. The maximum absolute atomic E-state index is 11.6. The largest absolute Gasteiger partial charge is 0.492 e. The van der Waals surface area contributed by atoms with Crippen LogP contribution in [0.4, 0.5) is 11.4 Å². The second-order valence-corrected chi connectivity index (χ2v) is 7.79. The number of piperidine rings is 1. The predicted octanol–water partition coefficient (Wildman–Crippen LogP) is 4.77. The number of ether oxygens (including phenoxy) is 2. The topological polar surface area (TPSA) is 90.9 Å². The molecule has 0 saturated carbocycles. The zero-order valence-electron chi connectivity index (χ0n) is 17.5. The summed E-state index contributed by atoms with van der Waals surface area (Å²) in [4.78, 5) is 13.6. The number of anilines is 1. The van der Waals surface area contributed by atoms with E-state index in [1.54, 1.807) is 24.3 Å². The van der Waals surface area contributed by atoms with Gasteiger partial charge in [0.1, 0.15) is 24.7 Å². The third kappa shape index (κ3) is 5.06. The number of nitrogens with two attached hydrogens (primary N) is 1. The number of nitro groups is 1. The number of rotatable bonds is 8. The maximum atomic E-state index is 11.6. The zero-order valence-corrected chi connectivity index (χ0v) is 17.5. The van der Waals surface area contributed by atoms with Crippen molar-refractivity contribution in [2.24, 2.45) is 0 Å². The van der Waals surface area contributed by atoms with Gasteiger partial charge >= 0.3 is 0 Å². The van der Waals surface area contributed by atoms with Gasteiger partial charge in [0.05, 0.1) is 16.6 Å². The molecule has 1 heterocycles. The van der Waals surface area contributed by atoms with E-state index in [4.69, 9.17) is 15.2 Å². The minimum atomic E-state index is -0.392. The van der Waals surface area contributed by atoms with Crippen molar-refractivity contribution in [3.05, 3.63) is 70.3 Å². The van der Waals surface area contributed by atoms with Crippen LogP contribution in [0.15, 0.2) is 54.6 Å². The lowest BCUT2D eigenvalue weighted by Gasteiger charge is -2.26. The molecule has 1 saturated heterocycles. The summed E-state index contributed by atoms with van der Waals surface area (Å²) < 4.78 is 11.7. The van der Waals surface area contributed by atoms with Crippen LogP contribution >= 0.6 is 0 Å². The zero-order chi connectivity index (χ0) is 21.6. The van der Waals surface area contributed by atoms with Crippen LogP contribution in [0.3, 0.4) is 0 Å². The molecule has 3 aromatic rings. The van der Waals surface area contributed by atoms with Crippen LogP contribution in [0.5, 0.6) is 11.5 Å². The van der Waals surface area contributed by atoms with E-state index < -0.39 is 4.92 Å². The normalized spacial score (nSPS) is 14.5. The van der Waals surface area contributed by atoms with E-state index in [9.17, 15) is 10.1 Å². The Kier molecular flexibility index (Phi) is 6.52. The van der Waals surface area contributed by atoms with Crippen molar-refractivity contribution < 1.29 is 14.4 Å². The molecule has 0 bridgehead atoms. The molecule has 7 nitrogen and oxygen atoms in total. The Morgan fingerprint density at radius 3 is 2.52 bits per heavy atom. The van der Waals surface area contributed by atoms with Gasteiger partial charge in [-0.25, -0.2) is 0 Å². The molecule has 1 aliphatic heterocycles. The summed E-state index contributed by atoms with van der Waals surface area (Å²) >= 11 is 0. The highest BCUT2D eigenvalue weighted by Gasteiger charge is 2.17. The quantitative estimate of drug-likeness (QED) is 0.320. The Bertz CT molecular complexity index is 1060. The lowest BCUT2D eigenvalue weighted by atomic mass is 10.1. The van der Waals surface area contributed by atoms with Crippen molar-refractivity contribution in [1.29, 1.82) is 0 Å². The maximum Gasteiger partial charge on any atom is 0.279 e. The number of fused-ring (bicyclic) bond motifs is 1. The molecular weight excluding hydrogens is 394 g/mol. The minimum Gasteiger partial charge on any atom is -0.492 e. The molecule has 31 heavy (non-hydrogen) atoms. The van der Waals surface area contributed by atoms with Gasteiger partial charge in [0.15, 0.2) is 0 Å². The Hall–Kier alpha value is -3.32. The van der Waals surface area contributed by atoms with E-state index >= 15 is 0 Å². The summed E-state index contributed by atoms with van der Waals surface area (Å²) in [6.07, 6.45) is 3.74. The van der Waals surface area contributed by atoms with Gasteiger partial charge < -0.3 is 15.2 Å². The monoisotopic (exact) mass is 421 g/mol. The molecule has 0 aromatic heterocycles. The van der Waals surface area contributed by atoms with Gasteiger partial charge in [-0.3, -0.25) is 15.0 Å². The molecule has 162 valence electrons. The average Bonchev–Trinajstić information content (AvgIpc) is 2.80. The van der Waals surface area contributed by atoms with E-state index in [0.29, 0.717) is 29.4 Å². The van der Waals surface area contributed by atoms with Gasteiger partial charge in [0.25, 0.3) is 5.69 Å². The van der Waals surface area contributed by atoms with Crippen LogP contribution in [-0.4, -0.2) is 36.1 Å². The Morgan fingerprint density at radius 2 is 1.74 bits per heavy atom. The highest BCUT2D eigenvalue weighted by Crippen LogP contribution is 2.32. The number of nitrogen functional groups attached to an aromatic ring is 1. The van der Waals surface area contributed by atoms with Crippen molar-refractivity contribution in [2.75, 3.05) is 32.0 Å². The van der Waals surface area contributed by atoms with Crippen molar-refractivity contribution >= 4 is 22.1 Å². The highest BCUT2D eigenvalue weighted by molar-refractivity contribution is 5.96. The molecule has 1 aliphatic rings. The molecule has 0 unspecified atom stereocenters. The van der Waals surface area contributed by atoms with Gasteiger partial charge in [0.2, 0.25) is 0 Å². The van der Waals surface area contributed by atoms with Crippen molar-refractivity contribution in [2.45, 2.75) is 25.9 Å². The second-order valence-electron chi connectivity index (χ2n) is 7.79. The number of hydrogen-bond donors (Lipinski definition) is 1. The van der Waals surface area contributed by atoms with E-state index in [0.717, 1.165) is 30.4 Å². The smallest absolute Gasteiger partial charge is 0.279 e. The SMILES string of the molecule is Nc1ccc(OCc2ccc(OCCN3CCCCC3)cc2[N+](=O)[O-])c2ccccc12. The number of hydrogen-bond acceptors (Lipinski definition) is 6. The highest BCUT2D eigenvalue weighted by atomic mass is 16.6. The number of likely N-dealkylation sites (tertiary alicyclic amines) is 1. The molecule has 2 N–H and O–H groups in total. The molecule has 0 amide bonds. The molecule has 0 aliphatic carbocycles. The second kappa shape index (κ2) is 9.66. The summed E-state index contributed by atoms with van der Waals surface area (Å²) in [6.45, 7) is 3.63. The first-order valence-corrected chi connectivity index (χ1v) is 10.6. The standard InChI is InChI=1S/C24H27N3O4/c25-22-10-11-24(21-7-3-2-6-20(21)22)31-17-18-8-9-19(16-23(18)27(28)29)30-15-14-26-12-4-1-5-13-26/h2-3,6-11,16H,1,4-5,12-15,17,25H2. The first-order valence-electron chi connectivity index (χ1n) is 10.6. The number of nitro benzene ring substituents is 1. The van der Waals surface area contributed by atoms with E-state index in [1.165, 1.54) is 25.3 Å². The fourth-order valence-electron chi connectivity index (χ4n) is 3.98. The first kappa shape index (κ1) is 20.9. The first-order chi connectivity index (χ1) is 15.1. The van der Waals surface area contributed by atoms with E-state index in [2.05, 4.69) is 4.90 Å². The van der Waals surface area contributed by atoms with Crippen LogP contribution < -0.4 is 15.2 Å². The summed E-state index contributed by atoms with van der Waals surface area (Å²) in [5.41, 5.74) is 7.20. The predicted molar refractivity (Wildman–Crippen MR) is 122 cm³/mol. The third-order valence-corrected chi connectivity index (χ3v) is 5.68. The molecule has 1 fully saturated rings. The Labute approximate surface area is 181 Å². The molecule has 0 atom stereocenters. The summed E-state index contributed by atoms with van der Waals surface area (Å²) in [5, 5.41) is 13.4. The molecular formula is C24H27N3O4. The molecule has 0 radical (unpaired) electrons. The number of nitrogens with zero attached hydrogens (tertiary/aromatic N) is 2. The molecule has 3 aromatic carbocycles. The fourth-order valence-corrected chi connectivity index (χ4v) is 3.98. The van der Waals surface area contributed by atoms with Crippen LogP contribution in [-0.2, 0) is 6.61 Å². The van der Waals surface area contributed by atoms with Crippen LogP contribution in [0.2, 0.25) is 0 Å². The van der Waals surface area contributed by atoms with Crippen LogP contribution in [0, 0.1) is 10.1 Å². The van der Waals surface area contributed by atoms with Crippen molar-refractivity contribution in [1.82, 2.24) is 4.90 Å². The molecule has 0 spiro atoms. The average molecular weight is 421 g/mol. The summed E-state index contributed by atoms with van der Waals surface area (Å²) in [5.74, 6) is 1.14. The van der Waals surface area contributed by atoms with Crippen molar-refractivity contribution in [3.8, 4) is 11.5 Å².